The Morgan fingerprint density at radius 2 is 1.27 bits per heavy atom. The third kappa shape index (κ3) is 3.54. The highest BCUT2D eigenvalue weighted by Crippen LogP contribution is 2.37. The van der Waals surface area contributed by atoms with Crippen LogP contribution in [0, 0.1) is 23.3 Å². The maximum atomic E-state index is 14.3. The summed E-state index contributed by atoms with van der Waals surface area (Å²) in [5.74, 6) is -6.35. The highest BCUT2D eigenvalue weighted by molar-refractivity contribution is 5.66. The molecule has 0 radical (unpaired) electrons. The molecule has 0 aliphatic carbocycles. The summed E-state index contributed by atoms with van der Waals surface area (Å²) in [4.78, 5) is 0. The summed E-state index contributed by atoms with van der Waals surface area (Å²) in [6.07, 6.45) is -5.66. The number of hydrogen-bond donors (Lipinski definition) is 0. The average Bonchev–Trinajstić information content (AvgIpc) is 2.53. The van der Waals surface area contributed by atoms with Crippen molar-refractivity contribution >= 4 is 0 Å². The van der Waals surface area contributed by atoms with E-state index in [2.05, 4.69) is 0 Å². The first-order valence-electron chi connectivity index (χ1n) is 7.47. The molecule has 0 unspecified atom stereocenters. The molecule has 2 nitrogen and oxygen atoms in total. The third-order valence-electron chi connectivity index (χ3n) is 3.78. The molecule has 1 fully saturated rings. The summed E-state index contributed by atoms with van der Waals surface area (Å²) in [7, 11) is 0. The number of hydrogen-bond acceptors (Lipinski definition) is 2. The molecule has 0 atom stereocenters. The molecule has 3 rings (SSSR count). The van der Waals surface area contributed by atoms with E-state index in [1.165, 1.54) is 0 Å². The zero-order valence-electron chi connectivity index (χ0n) is 13.0. The molecule has 26 heavy (non-hydrogen) atoms. The Bertz CT molecular complexity index is 780. The van der Waals surface area contributed by atoms with Gasteiger partial charge >= 0.3 is 6.18 Å². The quantitative estimate of drug-likeness (QED) is 0.653. The maximum absolute atomic E-state index is 14.3. The minimum Gasteiger partial charge on any atom is -0.348 e. The van der Waals surface area contributed by atoms with Crippen molar-refractivity contribution in [2.45, 2.75) is 18.9 Å². The summed E-state index contributed by atoms with van der Waals surface area (Å²) in [5.41, 5.74) is -3.66. The second-order valence-corrected chi connectivity index (χ2v) is 5.60. The zero-order chi connectivity index (χ0) is 19.1. The van der Waals surface area contributed by atoms with Gasteiger partial charge in [-0.15, -0.1) is 0 Å². The number of alkyl halides is 3. The van der Waals surface area contributed by atoms with Crippen molar-refractivity contribution < 1.29 is 40.2 Å². The predicted octanol–water partition coefficient (Wildman–Crippen LogP) is 5.36. The molecule has 0 N–H and O–H groups in total. The van der Waals surface area contributed by atoms with Crippen molar-refractivity contribution in [2.75, 3.05) is 13.2 Å². The van der Waals surface area contributed by atoms with Crippen LogP contribution in [0.15, 0.2) is 24.3 Å². The van der Waals surface area contributed by atoms with E-state index in [4.69, 9.17) is 9.47 Å². The molecule has 140 valence electrons. The first-order chi connectivity index (χ1) is 12.2. The summed E-state index contributed by atoms with van der Waals surface area (Å²) in [6, 6.07) is 2.17. The normalized spacial score (nSPS) is 16.1. The van der Waals surface area contributed by atoms with Crippen molar-refractivity contribution in [1.82, 2.24) is 0 Å². The highest BCUT2D eigenvalue weighted by atomic mass is 19.4. The molecule has 0 bridgehead atoms. The van der Waals surface area contributed by atoms with E-state index in [9.17, 15) is 30.7 Å². The molecule has 0 aromatic heterocycles. The maximum Gasteiger partial charge on any atom is 0.422 e. The smallest absolute Gasteiger partial charge is 0.348 e. The average molecular weight is 380 g/mol. The van der Waals surface area contributed by atoms with Gasteiger partial charge in [0.15, 0.2) is 6.29 Å². The largest absolute Gasteiger partial charge is 0.422 e. The van der Waals surface area contributed by atoms with Crippen LogP contribution in [-0.4, -0.2) is 13.2 Å². The first kappa shape index (κ1) is 18.7. The fourth-order valence-electron chi connectivity index (χ4n) is 2.67. The molecule has 9 heteroatoms. The first-order valence-corrected chi connectivity index (χ1v) is 7.47. The second kappa shape index (κ2) is 6.88. The van der Waals surface area contributed by atoms with E-state index >= 15 is 0 Å². The summed E-state index contributed by atoms with van der Waals surface area (Å²) in [6.45, 7) is 0.649. The van der Waals surface area contributed by atoms with Gasteiger partial charge in [-0.05, 0) is 36.2 Å². The van der Waals surface area contributed by atoms with E-state index in [1.807, 2.05) is 0 Å². The Labute approximate surface area is 143 Å². The number of halogens is 7. The molecular weight excluding hydrogens is 369 g/mol. The molecular formula is C17H11F7O2. The van der Waals surface area contributed by atoms with Gasteiger partial charge in [-0.3, -0.25) is 0 Å². The van der Waals surface area contributed by atoms with E-state index in [-0.39, 0.29) is 17.7 Å². The monoisotopic (exact) mass is 380 g/mol. The molecule has 1 saturated heterocycles. The lowest BCUT2D eigenvalue weighted by Crippen LogP contribution is -2.18. The van der Waals surface area contributed by atoms with E-state index in [0.717, 1.165) is 12.1 Å². The van der Waals surface area contributed by atoms with Gasteiger partial charge in [0.05, 0.1) is 18.8 Å². The lowest BCUT2D eigenvalue weighted by Gasteiger charge is -2.24. The van der Waals surface area contributed by atoms with Crippen molar-refractivity contribution in [1.29, 1.82) is 0 Å². The van der Waals surface area contributed by atoms with Crippen molar-refractivity contribution in [3.8, 4) is 11.1 Å². The van der Waals surface area contributed by atoms with E-state index in [0.29, 0.717) is 19.6 Å². The molecule has 0 saturated carbocycles. The zero-order valence-corrected chi connectivity index (χ0v) is 13.0. The molecule has 0 spiro atoms. The third-order valence-corrected chi connectivity index (χ3v) is 3.78. The molecule has 0 amide bonds. The van der Waals surface area contributed by atoms with Crippen LogP contribution in [0.3, 0.4) is 0 Å². The van der Waals surface area contributed by atoms with Gasteiger partial charge in [0.2, 0.25) is 0 Å². The van der Waals surface area contributed by atoms with Crippen LogP contribution in [-0.2, 0) is 15.7 Å². The van der Waals surface area contributed by atoms with Gasteiger partial charge in [-0.1, -0.05) is 0 Å². The van der Waals surface area contributed by atoms with Crippen LogP contribution in [0.4, 0.5) is 30.7 Å². The van der Waals surface area contributed by atoms with Crippen molar-refractivity contribution in [3.05, 3.63) is 58.7 Å². The van der Waals surface area contributed by atoms with Crippen LogP contribution < -0.4 is 0 Å². The van der Waals surface area contributed by atoms with Crippen LogP contribution in [0.1, 0.15) is 23.8 Å². The number of rotatable bonds is 2. The lowest BCUT2D eigenvalue weighted by atomic mass is 9.99. The van der Waals surface area contributed by atoms with Crippen molar-refractivity contribution in [2.24, 2.45) is 0 Å². The predicted molar refractivity (Wildman–Crippen MR) is 76.0 cm³/mol. The molecule has 2 aromatic rings. The fourth-order valence-corrected chi connectivity index (χ4v) is 2.67. The molecule has 1 aliphatic rings. The topological polar surface area (TPSA) is 18.5 Å². The van der Waals surface area contributed by atoms with Crippen LogP contribution >= 0.6 is 0 Å². The van der Waals surface area contributed by atoms with E-state index < -0.39 is 52.4 Å². The second-order valence-electron chi connectivity index (χ2n) is 5.60. The number of ether oxygens (including phenoxy) is 2. The molecule has 1 heterocycles. The number of benzene rings is 2. The molecule has 2 aromatic carbocycles. The summed E-state index contributed by atoms with van der Waals surface area (Å²) < 4.78 is 104. The van der Waals surface area contributed by atoms with Crippen LogP contribution in [0.25, 0.3) is 11.1 Å². The Hall–Kier alpha value is -2.13. The standard InChI is InChI=1S/C17H11F7O2/c18-10-6-9(16-25-2-1-3-26-16)7-11(19)14(10)8-4-12(20)15(13(21)5-8)17(22,23)24/h4-7,16H,1-3H2. The van der Waals surface area contributed by atoms with Gasteiger partial charge in [-0.2, -0.15) is 13.2 Å². The van der Waals surface area contributed by atoms with Gasteiger partial charge < -0.3 is 9.47 Å². The van der Waals surface area contributed by atoms with Crippen LogP contribution in [0.2, 0.25) is 0 Å². The van der Waals surface area contributed by atoms with Gasteiger partial charge in [0.1, 0.15) is 28.8 Å². The van der Waals surface area contributed by atoms with Gasteiger partial charge in [0, 0.05) is 5.56 Å². The highest BCUT2D eigenvalue weighted by Gasteiger charge is 2.38. The van der Waals surface area contributed by atoms with Crippen molar-refractivity contribution in [3.63, 3.8) is 0 Å². The Balaban J connectivity index is 2.04. The Kier molecular flexibility index (Phi) is 4.94. The minimum absolute atomic E-state index is 0.0105. The fraction of sp³-hybridized carbons (Fsp3) is 0.294. The summed E-state index contributed by atoms with van der Waals surface area (Å²) in [5, 5.41) is 0. The Morgan fingerprint density at radius 1 is 0.769 bits per heavy atom. The lowest BCUT2D eigenvalue weighted by molar-refractivity contribution is -0.183. The van der Waals surface area contributed by atoms with E-state index in [1.54, 1.807) is 0 Å². The molecule has 1 aliphatic heterocycles. The van der Waals surface area contributed by atoms with Gasteiger partial charge in [-0.25, -0.2) is 17.6 Å². The van der Waals surface area contributed by atoms with Gasteiger partial charge in [0.25, 0.3) is 0 Å². The van der Waals surface area contributed by atoms with Crippen LogP contribution in [0.5, 0.6) is 0 Å². The SMILES string of the molecule is Fc1cc(C2OCCCO2)cc(F)c1-c1cc(F)c(C(F)(F)F)c(F)c1. The summed E-state index contributed by atoms with van der Waals surface area (Å²) >= 11 is 0. The Morgan fingerprint density at radius 3 is 1.73 bits per heavy atom. The minimum atomic E-state index is -5.27.